The maximum Gasteiger partial charge on any atom is 0.410 e. The lowest BCUT2D eigenvalue weighted by molar-refractivity contribution is 0.0248. The third-order valence-electron chi connectivity index (χ3n) is 3.40. The third-order valence-corrected chi connectivity index (χ3v) is 3.40. The Morgan fingerprint density at radius 1 is 1.45 bits per heavy atom. The van der Waals surface area contributed by atoms with E-state index in [9.17, 15) is 9.59 Å². The molecule has 0 saturated carbocycles. The molecule has 128 valence electrons. The molecule has 2 amide bonds. The molecule has 1 heterocycles. The van der Waals surface area contributed by atoms with Crippen molar-refractivity contribution in [3.8, 4) is 0 Å². The van der Waals surface area contributed by atoms with Gasteiger partial charge in [0, 0.05) is 26.8 Å². The predicted molar refractivity (Wildman–Crippen MR) is 82.0 cm³/mol. The second-order valence-corrected chi connectivity index (χ2v) is 6.83. The Kier molecular flexibility index (Phi) is 6.93. The molecule has 1 fully saturated rings. The molecular weight excluding hydrogens is 288 g/mol. The monoisotopic (exact) mass is 316 g/mol. The van der Waals surface area contributed by atoms with Gasteiger partial charge in [-0.05, 0) is 46.0 Å². The number of amides is 2. The van der Waals surface area contributed by atoms with Crippen LogP contribution in [0.5, 0.6) is 0 Å². The van der Waals surface area contributed by atoms with Crippen molar-refractivity contribution in [3.05, 3.63) is 0 Å². The summed E-state index contributed by atoms with van der Waals surface area (Å²) in [6.07, 6.45) is 1.13. The van der Waals surface area contributed by atoms with Crippen molar-refractivity contribution in [1.29, 1.82) is 0 Å². The number of carbonyl (C=O) groups is 2. The van der Waals surface area contributed by atoms with Crippen molar-refractivity contribution in [2.24, 2.45) is 5.92 Å². The molecule has 0 unspecified atom stereocenters. The average molecular weight is 316 g/mol. The van der Waals surface area contributed by atoms with Gasteiger partial charge >= 0.3 is 12.2 Å². The van der Waals surface area contributed by atoms with Crippen molar-refractivity contribution in [2.45, 2.75) is 51.7 Å². The van der Waals surface area contributed by atoms with E-state index in [1.807, 2.05) is 0 Å². The fourth-order valence-electron chi connectivity index (χ4n) is 2.49. The molecule has 1 aliphatic heterocycles. The van der Waals surface area contributed by atoms with Crippen LogP contribution in [-0.4, -0.2) is 60.6 Å². The van der Waals surface area contributed by atoms with Crippen molar-refractivity contribution in [3.63, 3.8) is 0 Å². The number of carbonyl (C=O) groups excluding carboxylic acids is 1. The standard InChI is InChI=1S/C15H28N2O5/c1-15(2,3)22-14(20)17(4)9-12(16-13(18)19)8-11-6-5-7-21-10-11/h11-12,16H,5-10H2,1-4H3,(H,18,19)/t11-,12+/m1/s1. The molecule has 0 bridgehead atoms. The number of likely N-dealkylation sites (N-methyl/N-ethyl adjacent to an activating group) is 1. The molecule has 0 aromatic rings. The molecule has 22 heavy (non-hydrogen) atoms. The van der Waals surface area contributed by atoms with E-state index in [4.69, 9.17) is 14.6 Å². The average Bonchev–Trinajstić information content (AvgIpc) is 2.36. The Morgan fingerprint density at radius 3 is 2.64 bits per heavy atom. The molecule has 7 heteroatoms. The molecule has 2 N–H and O–H groups in total. The first kappa shape index (κ1) is 18.5. The van der Waals surface area contributed by atoms with Crippen LogP contribution >= 0.6 is 0 Å². The van der Waals surface area contributed by atoms with E-state index in [1.165, 1.54) is 4.90 Å². The van der Waals surface area contributed by atoms with E-state index in [0.29, 0.717) is 18.9 Å². The summed E-state index contributed by atoms with van der Waals surface area (Å²) in [5.74, 6) is 0.317. The number of ether oxygens (including phenoxy) is 2. The Bertz CT molecular complexity index is 375. The summed E-state index contributed by atoms with van der Waals surface area (Å²) in [4.78, 5) is 24.3. The van der Waals surface area contributed by atoms with E-state index in [0.717, 1.165) is 19.4 Å². The molecule has 0 aliphatic carbocycles. The van der Waals surface area contributed by atoms with Crippen LogP contribution in [0, 0.1) is 5.92 Å². The molecule has 1 rings (SSSR count). The second-order valence-electron chi connectivity index (χ2n) is 6.83. The zero-order valence-electron chi connectivity index (χ0n) is 13.9. The Labute approximate surface area is 131 Å². The summed E-state index contributed by atoms with van der Waals surface area (Å²) < 4.78 is 10.7. The van der Waals surface area contributed by atoms with Gasteiger partial charge in [0.1, 0.15) is 5.60 Å². The maximum atomic E-state index is 12.0. The number of nitrogens with one attached hydrogen (secondary N) is 1. The van der Waals surface area contributed by atoms with Crippen LogP contribution < -0.4 is 5.32 Å². The molecule has 1 aliphatic rings. The molecule has 0 radical (unpaired) electrons. The van der Waals surface area contributed by atoms with Crippen LogP contribution in [0.4, 0.5) is 9.59 Å². The minimum atomic E-state index is -1.08. The summed E-state index contributed by atoms with van der Waals surface area (Å²) in [5, 5.41) is 11.5. The van der Waals surface area contributed by atoms with E-state index < -0.39 is 17.8 Å². The van der Waals surface area contributed by atoms with Gasteiger partial charge in [0.15, 0.2) is 0 Å². The highest BCUT2D eigenvalue weighted by Gasteiger charge is 2.25. The van der Waals surface area contributed by atoms with Gasteiger partial charge in [-0.25, -0.2) is 9.59 Å². The zero-order valence-corrected chi connectivity index (χ0v) is 13.9. The van der Waals surface area contributed by atoms with E-state index >= 15 is 0 Å². The number of hydrogen-bond donors (Lipinski definition) is 2. The van der Waals surface area contributed by atoms with Crippen molar-refractivity contribution in [1.82, 2.24) is 10.2 Å². The third kappa shape index (κ3) is 7.49. The van der Waals surface area contributed by atoms with Gasteiger partial charge in [0.05, 0.1) is 6.04 Å². The highest BCUT2D eigenvalue weighted by atomic mass is 16.6. The molecule has 7 nitrogen and oxygen atoms in total. The Balaban J connectivity index is 2.55. The van der Waals surface area contributed by atoms with Crippen LogP contribution in [0.2, 0.25) is 0 Å². The predicted octanol–water partition coefficient (Wildman–Crippen LogP) is 2.31. The van der Waals surface area contributed by atoms with Gasteiger partial charge in [0.25, 0.3) is 0 Å². The van der Waals surface area contributed by atoms with E-state index in [1.54, 1.807) is 27.8 Å². The summed E-state index contributed by atoms with van der Waals surface area (Å²) >= 11 is 0. The lowest BCUT2D eigenvalue weighted by atomic mass is 9.94. The zero-order chi connectivity index (χ0) is 16.8. The van der Waals surface area contributed by atoms with Gasteiger partial charge in [-0.3, -0.25) is 0 Å². The molecular formula is C15H28N2O5. The summed E-state index contributed by atoms with van der Waals surface area (Å²) in [7, 11) is 1.61. The minimum Gasteiger partial charge on any atom is -0.465 e. The van der Waals surface area contributed by atoms with Crippen LogP contribution in [0.1, 0.15) is 40.0 Å². The Hall–Kier alpha value is -1.50. The molecule has 1 saturated heterocycles. The van der Waals surface area contributed by atoms with Gasteiger partial charge in [-0.1, -0.05) is 0 Å². The lowest BCUT2D eigenvalue weighted by Gasteiger charge is -2.30. The quantitative estimate of drug-likeness (QED) is 0.812. The van der Waals surface area contributed by atoms with Crippen LogP contribution in [0.25, 0.3) is 0 Å². The van der Waals surface area contributed by atoms with Gasteiger partial charge < -0.3 is 24.8 Å². The maximum absolute atomic E-state index is 12.0. The number of rotatable bonds is 5. The number of nitrogens with zero attached hydrogens (tertiary/aromatic N) is 1. The highest BCUT2D eigenvalue weighted by Crippen LogP contribution is 2.19. The summed E-state index contributed by atoms with van der Waals surface area (Å²) in [5.41, 5.74) is -0.571. The minimum absolute atomic E-state index is 0.276. The van der Waals surface area contributed by atoms with Crippen LogP contribution in [-0.2, 0) is 9.47 Å². The van der Waals surface area contributed by atoms with Gasteiger partial charge in [0.2, 0.25) is 0 Å². The fourth-order valence-corrected chi connectivity index (χ4v) is 2.49. The second kappa shape index (κ2) is 8.22. The molecule has 0 spiro atoms. The van der Waals surface area contributed by atoms with Crippen molar-refractivity contribution >= 4 is 12.2 Å². The molecule has 0 aromatic carbocycles. The Morgan fingerprint density at radius 2 is 2.14 bits per heavy atom. The van der Waals surface area contributed by atoms with E-state index in [2.05, 4.69) is 5.32 Å². The molecule has 0 aromatic heterocycles. The summed E-state index contributed by atoms with van der Waals surface area (Å²) in [6.45, 7) is 7.08. The van der Waals surface area contributed by atoms with Crippen molar-refractivity contribution in [2.75, 3.05) is 26.8 Å². The number of carboxylic acid groups (broad SMARTS) is 1. The van der Waals surface area contributed by atoms with Crippen molar-refractivity contribution < 1.29 is 24.2 Å². The number of hydrogen-bond acceptors (Lipinski definition) is 4. The normalized spacial score (nSPS) is 20.1. The smallest absolute Gasteiger partial charge is 0.410 e. The van der Waals surface area contributed by atoms with Crippen LogP contribution in [0.3, 0.4) is 0 Å². The summed E-state index contributed by atoms with van der Waals surface area (Å²) in [6, 6.07) is -0.332. The first-order valence-electron chi connectivity index (χ1n) is 7.68. The van der Waals surface area contributed by atoms with Gasteiger partial charge in [-0.15, -0.1) is 0 Å². The first-order valence-corrected chi connectivity index (χ1v) is 7.68. The van der Waals surface area contributed by atoms with Crippen LogP contribution in [0.15, 0.2) is 0 Å². The largest absolute Gasteiger partial charge is 0.465 e. The lowest BCUT2D eigenvalue weighted by Crippen LogP contribution is -2.46. The van der Waals surface area contributed by atoms with Gasteiger partial charge in [-0.2, -0.15) is 0 Å². The topological polar surface area (TPSA) is 88.1 Å². The highest BCUT2D eigenvalue weighted by molar-refractivity contribution is 5.68. The fraction of sp³-hybridized carbons (Fsp3) is 0.867. The van der Waals surface area contributed by atoms with E-state index in [-0.39, 0.29) is 12.6 Å². The SMILES string of the molecule is CN(C[C@H](C[C@H]1CCCOC1)NC(=O)O)C(=O)OC(C)(C)C. The first-order chi connectivity index (χ1) is 10.2. The molecule has 2 atom stereocenters.